The Morgan fingerprint density at radius 1 is 1.08 bits per heavy atom. The van der Waals surface area contributed by atoms with Crippen molar-refractivity contribution in [2.45, 2.75) is 33.7 Å². The van der Waals surface area contributed by atoms with Gasteiger partial charge in [-0.05, 0) is 62.3 Å². The molecule has 4 rings (SSSR count). The van der Waals surface area contributed by atoms with Crippen LogP contribution >= 0.6 is 0 Å². The third kappa shape index (κ3) is 6.34. The molecule has 4 aromatic rings. The molecule has 0 radical (unpaired) electrons. The fourth-order valence-electron chi connectivity index (χ4n) is 4.32. The van der Waals surface area contributed by atoms with Crippen LogP contribution in [0.5, 0.6) is 5.75 Å². The summed E-state index contributed by atoms with van der Waals surface area (Å²) in [5.41, 5.74) is 3.77. The summed E-state index contributed by atoms with van der Waals surface area (Å²) < 4.78 is 7.55. The van der Waals surface area contributed by atoms with Crippen molar-refractivity contribution in [3.05, 3.63) is 76.7 Å². The predicted molar refractivity (Wildman–Crippen MR) is 149 cm³/mol. The number of nitrogens with one attached hydrogen (secondary N) is 1. The van der Waals surface area contributed by atoms with Crippen molar-refractivity contribution in [2.75, 3.05) is 38.2 Å². The van der Waals surface area contributed by atoms with E-state index in [4.69, 9.17) is 4.74 Å². The smallest absolute Gasteiger partial charge is 0.277 e. The van der Waals surface area contributed by atoms with Gasteiger partial charge in [-0.25, -0.2) is 9.97 Å². The maximum atomic E-state index is 13.5. The molecule has 37 heavy (non-hydrogen) atoms. The van der Waals surface area contributed by atoms with Gasteiger partial charge in [0.15, 0.2) is 0 Å². The molecule has 194 valence electrons. The SMILES string of the molecule is CCN(CC)CCOc1ccc(Nc2ncc3cc(-c4ccccc4C)n(CCCO)c(=O)c3n2)cc1. The maximum Gasteiger partial charge on any atom is 0.277 e. The number of likely N-dealkylation sites (N-methyl/N-ethyl adjacent to an activating group) is 1. The van der Waals surface area contributed by atoms with Gasteiger partial charge in [0, 0.05) is 42.5 Å². The van der Waals surface area contributed by atoms with Crippen LogP contribution in [0.4, 0.5) is 11.6 Å². The first kappa shape index (κ1) is 26.3. The molecule has 2 aromatic heterocycles. The van der Waals surface area contributed by atoms with Crippen LogP contribution in [-0.4, -0.2) is 57.4 Å². The van der Waals surface area contributed by atoms with E-state index in [1.807, 2.05) is 61.5 Å². The summed E-state index contributed by atoms with van der Waals surface area (Å²) in [4.78, 5) is 24.8. The lowest BCUT2D eigenvalue weighted by molar-refractivity contribution is 0.223. The van der Waals surface area contributed by atoms with Gasteiger partial charge in [0.05, 0.1) is 5.69 Å². The highest BCUT2D eigenvalue weighted by Crippen LogP contribution is 2.26. The van der Waals surface area contributed by atoms with Crippen molar-refractivity contribution in [1.82, 2.24) is 19.4 Å². The average molecular weight is 502 g/mol. The van der Waals surface area contributed by atoms with Crippen molar-refractivity contribution >= 4 is 22.5 Å². The first-order chi connectivity index (χ1) is 18.0. The van der Waals surface area contributed by atoms with Crippen LogP contribution in [0, 0.1) is 6.92 Å². The Hall–Kier alpha value is -3.75. The number of nitrogens with zero attached hydrogens (tertiary/aromatic N) is 4. The molecule has 8 nitrogen and oxygen atoms in total. The summed E-state index contributed by atoms with van der Waals surface area (Å²) in [6.45, 7) is 10.3. The highest BCUT2D eigenvalue weighted by Gasteiger charge is 2.15. The molecule has 2 N–H and O–H groups in total. The van der Waals surface area contributed by atoms with Crippen molar-refractivity contribution in [1.29, 1.82) is 0 Å². The van der Waals surface area contributed by atoms with Crippen molar-refractivity contribution in [3.8, 4) is 17.0 Å². The van der Waals surface area contributed by atoms with Crippen LogP contribution in [0.3, 0.4) is 0 Å². The van der Waals surface area contributed by atoms with Crippen LogP contribution in [0.25, 0.3) is 22.2 Å². The highest BCUT2D eigenvalue weighted by molar-refractivity contribution is 5.83. The number of pyridine rings is 1. The summed E-state index contributed by atoms with van der Waals surface area (Å²) in [6.07, 6.45) is 2.15. The molecule has 0 bridgehead atoms. The van der Waals surface area contributed by atoms with E-state index in [1.54, 1.807) is 10.8 Å². The van der Waals surface area contributed by atoms with Gasteiger partial charge in [-0.3, -0.25) is 4.79 Å². The lowest BCUT2D eigenvalue weighted by atomic mass is 10.0. The number of aliphatic hydroxyl groups is 1. The molecule has 2 aromatic carbocycles. The maximum absolute atomic E-state index is 13.5. The third-order valence-electron chi connectivity index (χ3n) is 6.49. The monoisotopic (exact) mass is 501 g/mol. The number of rotatable bonds is 12. The fraction of sp³-hybridized carbons (Fsp3) is 0.345. The molecule has 0 atom stereocenters. The molecular weight excluding hydrogens is 466 g/mol. The van der Waals surface area contributed by atoms with Crippen molar-refractivity contribution in [2.24, 2.45) is 0 Å². The summed E-state index contributed by atoms with van der Waals surface area (Å²) >= 11 is 0. The zero-order valence-electron chi connectivity index (χ0n) is 21.8. The van der Waals surface area contributed by atoms with Crippen LogP contribution in [0.15, 0.2) is 65.6 Å². The van der Waals surface area contributed by atoms with Crippen molar-refractivity contribution in [3.63, 3.8) is 0 Å². The van der Waals surface area contributed by atoms with E-state index in [1.165, 1.54) is 0 Å². The molecule has 0 fully saturated rings. The number of benzene rings is 2. The molecule has 2 heterocycles. The van der Waals surface area contributed by atoms with E-state index >= 15 is 0 Å². The second kappa shape index (κ2) is 12.5. The molecule has 0 amide bonds. The Morgan fingerprint density at radius 2 is 1.84 bits per heavy atom. The van der Waals surface area contributed by atoms with Gasteiger partial charge in [-0.1, -0.05) is 38.1 Å². The summed E-state index contributed by atoms with van der Waals surface area (Å²) in [5.74, 6) is 1.14. The zero-order chi connectivity index (χ0) is 26.2. The van der Waals surface area contributed by atoms with Gasteiger partial charge in [0.2, 0.25) is 5.95 Å². The third-order valence-corrected chi connectivity index (χ3v) is 6.49. The van der Waals surface area contributed by atoms with Gasteiger partial charge in [-0.15, -0.1) is 0 Å². The second-order valence-corrected chi connectivity index (χ2v) is 8.90. The molecular formula is C29H35N5O3. The molecule has 0 spiro atoms. The molecule has 0 saturated heterocycles. The summed E-state index contributed by atoms with van der Waals surface area (Å²) in [5, 5.41) is 13.3. The van der Waals surface area contributed by atoms with E-state index in [0.717, 1.165) is 47.9 Å². The lowest BCUT2D eigenvalue weighted by Crippen LogP contribution is -2.27. The van der Waals surface area contributed by atoms with Crippen LogP contribution in [-0.2, 0) is 6.54 Å². The van der Waals surface area contributed by atoms with Gasteiger partial charge in [0.25, 0.3) is 5.56 Å². The summed E-state index contributed by atoms with van der Waals surface area (Å²) in [6, 6.07) is 17.5. The Labute approximate surface area is 217 Å². The van der Waals surface area contributed by atoms with Crippen LogP contribution < -0.4 is 15.6 Å². The Morgan fingerprint density at radius 3 is 2.54 bits per heavy atom. The van der Waals surface area contributed by atoms with E-state index in [2.05, 4.69) is 34.0 Å². The fourth-order valence-corrected chi connectivity index (χ4v) is 4.32. The van der Waals surface area contributed by atoms with Gasteiger partial charge < -0.3 is 24.6 Å². The van der Waals surface area contributed by atoms with E-state index in [-0.39, 0.29) is 12.2 Å². The lowest BCUT2D eigenvalue weighted by Gasteiger charge is -2.18. The number of fused-ring (bicyclic) bond motifs is 1. The van der Waals surface area contributed by atoms with Crippen LogP contribution in [0.2, 0.25) is 0 Å². The number of aromatic nitrogens is 3. The normalized spacial score (nSPS) is 11.3. The van der Waals surface area contributed by atoms with Gasteiger partial charge in [0.1, 0.15) is 17.9 Å². The molecule has 0 aliphatic heterocycles. The number of aliphatic hydroxyl groups excluding tert-OH is 1. The van der Waals surface area contributed by atoms with E-state index < -0.39 is 0 Å². The summed E-state index contributed by atoms with van der Waals surface area (Å²) in [7, 11) is 0. The number of hydrogen-bond acceptors (Lipinski definition) is 7. The van der Waals surface area contributed by atoms with Gasteiger partial charge in [-0.2, -0.15) is 0 Å². The first-order valence-corrected chi connectivity index (χ1v) is 12.8. The Bertz CT molecular complexity index is 1380. The number of ether oxygens (including phenoxy) is 1. The first-order valence-electron chi connectivity index (χ1n) is 12.8. The minimum Gasteiger partial charge on any atom is -0.492 e. The molecule has 0 unspecified atom stereocenters. The second-order valence-electron chi connectivity index (χ2n) is 8.90. The zero-order valence-corrected chi connectivity index (χ0v) is 21.8. The largest absolute Gasteiger partial charge is 0.492 e. The standard InChI is InChI=1S/C29H35N5O3/c1-4-33(5-2)16-18-37-24-13-11-23(12-14-24)31-29-30-20-22-19-26(25-10-7-6-9-21(25)3)34(15-8-17-35)28(36)27(22)32-29/h6-7,9-14,19-20,35H,4-5,8,15-18H2,1-3H3,(H,30,31,32). The quantitative estimate of drug-likeness (QED) is 0.293. The highest BCUT2D eigenvalue weighted by atomic mass is 16.5. The Balaban J connectivity index is 1.57. The molecule has 0 aliphatic carbocycles. The number of anilines is 2. The minimum atomic E-state index is -0.202. The molecule has 8 heteroatoms. The van der Waals surface area contributed by atoms with Crippen molar-refractivity contribution < 1.29 is 9.84 Å². The van der Waals surface area contributed by atoms with E-state index in [0.29, 0.717) is 36.4 Å². The molecule has 0 aliphatic rings. The number of aryl methyl sites for hydroxylation is 1. The Kier molecular flexibility index (Phi) is 8.87. The average Bonchev–Trinajstić information content (AvgIpc) is 2.92. The predicted octanol–water partition coefficient (Wildman–Crippen LogP) is 4.61. The van der Waals surface area contributed by atoms with E-state index in [9.17, 15) is 9.90 Å². The topological polar surface area (TPSA) is 92.5 Å². The van der Waals surface area contributed by atoms with Crippen LogP contribution in [0.1, 0.15) is 25.8 Å². The molecule has 0 saturated carbocycles. The number of hydrogen-bond donors (Lipinski definition) is 2. The minimum absolute atomic E-state index is 0.00341. The van der Waals surface area contributed by atoms with Gasteiger partial charge >= 0.3 is 0 Å².